The molecule has 1 atom stereocenters. The molecule has 2 aliphatic rings. The lowest BCUT2D eigenvalue weighted by atomic mass is 9.79. The van der Waals surface area contributed by atoms with Gasteiger partial charge in [0.05, 0.1) is 6.26 Å². The molecule has 19 heavy (non-hydrogen) atoms. The van der Waals surface area contributed by atoms with Crippen molar-refractivity contribution in [2.75, 3.05) is 32.7 Å². The maximum absolute atomic E-state index is 5.38. The van der Waals surface area contributed by atoms with Gasteiger partial charge in [-0.3, -0.25) is 4.90 Å². The molecular formula is C16H24N2O. The fraction of sp³-hybridized carbons (Fsp3) is 0.625. The van der Waals surface area contributed by atoms with Gasteiger partial charge >= 0.3 is 0 Å². The van der Waals surface area contributed by atoms with E-state index in [9.17, 15) is 0 Å². The second-order valence-electron chi connectivity index (χ2n) is 6.25. The van der Waals surface area contributed by atoms with E-state index in [0.29, 0.717) is 5.41 Å². The van der Waals surface area contributed by atoms with Crippen LogP contribution in [0.25, 0.3) is 6.08 Å². The zero-order chi connectivity index (χ0) is 13.1. The molecule has 3 rings (SSSR count). The summed E-state index contributed by atoms with van der Waals surface area (Å²) in [5.74, 6) is 0.965. The highest BCUT2D eigenvalue weighted by molar-refractivity contribution is 5.46. The molecule has 1 N–H and O–H groups in total. The number of rotatable bonds is 3. The standard InChI is InChI=1S/C16H24N2O/c1-14(10-15-4-2-9-19-15)11-18-8-3-5-16(13-18)6-7-17-12-16/h2,4,9-10,17H,3,5-8,11-13H2,1H3/b14-10+. The summed E-state index contributed by atoms with van der Waals surface area (Å²) >= 11 is 0. The van der Waals surface area contributed by atoms with Gasteiger partial charge in [-0.1, -0.05) is 5.57 Å². The van der Waals surface area contributed by atoms with Gasteiger partial charge in [0, 0.05) is 19.6 Å². The molecule has 0 amide bonds. The largest absolute Gasteiger partial charge is 0.465 e. The fourth-order valence-corrected chi connectivity index (χ4v) is 3.60. The summed E-state index contributed by atoms with van der Waals surface area (Å²) in [6.45, 7) is 8.19. The van der Waals surface area contributed by atoms with E-state index in [4.69, 9.17) is 4.42 Å². The predicted molar refractivity (Wildman–Crippen MR) is 78.0 cm³/mol. The molecule has 1 aromatic heterocycles. The minimum atomic E-state index is 0.559. The van der Waals surface area contributed by atoms with Crippen molar-refractivity contribution in [2.24, 2.45) is 5.41 Å². The Kier molecular flexibility index (Phi) is 3.76. The SMILES string of the molecule is C/C(=C\c1ccco1)CN1CCCC2(CCNC2)C1. The number of nitrogens with one attached hydrogen (secondary N) is 1. The van der Waals surface area contributed by atoms with E-state index in [1.54, 1.807) is 6.26 Å². The van der Waals surface area contributed by atoms with Gasteiger partial charge in [0.1, 0.15) is 5.76 Å². The van der Waals surface area contributed by atoms with Crippen molar-refractivity contribution in [3.05, 3.63) is 29.7 Å². The number of hydrogen-bond acceptors (Lipinski definition) is 3. The Balaban J connectivity index is 1.60. The number of furan rings is 1. The first kappa shape index (κ1) is 12.9. The van der Waals surface area contributed by atoms with Crippen molar-refractivity contribution in [3.63, 3.8) is 0 Å². The van der Waals surface area contributed by atoms with E-state index in [1.807, 2.05) is 12.1 Å². The summed E-state index contributed by atoms with van der Waals surface area (Å²) in [6, 6.07) is 3.96. The molecule has 0 aromatic carbocycles. The summed E-state index contributed by atoms with van der Waals surface area (Å²) in [5.41, 5.74) is 1.95. The monoisotopic (exact) mass is 260 g/mol. The van der Waals surface area contributed by atoms with E-state index in [0.717, 1.165) is 12.3 Å². The molecule has 0 radical (unpaired) electrons. The van der Waals surface area contributed by atoms with Crippen LogP contribution >= 0.6 is 0 Å². The first-order valence-corrected chi connectivity index (χ1v) is 7.40. The van der Waals surface area contributed by atoms with Gasteiger partial charge in [-0.2, -0.15) is 0 Å². The lowest BCUT2D eigenvalue weighted by Gasteiger charge is -2.40. The van der Waals surface area contributed by atoms with Gasteiger partial charge in [0.15, 0.2) is 0 Å². The van der Waals surface area contributed by atoms with Crippen molar-refractivity contribution in [1.82, 2.24) is 10.2 Å². The van der Waals surface area contributed by atoms with Gasteiger partial charge in [-0.15, -0.1) is 0 Å². The molecule has 3 nitrogen and oxygen atoms in total. The normalized spacial score (nSPS) is 29.2. The smallest absolute Gasteiger partial charge is 0.126 e. The molecule has 1 spiro atoms. The minimum absolute atomic E-state index is 0.559. The maximum Gasteiger partial charge on any atom is 0.126 e. The van der Waals surface area contributed by atoms with E-state index in [-0.39, 0.29) is 0 Å². The third kappa shape index (κ3) is 3.10. The van der Waals surface area contributed by atoms with Gasteiger partial charge in [-0.25, -0.2) is 0 Å². The van der Waals surface area contributed by atoms with Gasteiger partial charge in [0.2, 0.25) is 0 Å². The average molecular weight is 260 g/mol. The Morgan fingerprint density at radius 1 is 1.53 bits per heavy atom. The van der Waals surface area contributed by atoms with Crippen LogP contribution in [0.2, 0.25) is 0 Å². The van der Waals surface area contributed by atoms with Crippen LogP contribution in [0.4, 0.5) is 0 Å². The molecule has 0 bridgehead atoms. The first-order valence-electron chi connectivity index (χ1n) is 7.40. The van der Waals surface area contributed by atoms with E-state index < -0.39 is 0 Å². The van der Waals surface area contributed by atoms with Gasteiger partial charge < -0.3 is 9.73 Å². The van der Waals surface area contributed by atoms with Crippen molar-refractivity contribution in [3.8, 4) is 0 Å². The third-order valence-corrected chi connectivity index (χ3v) is 4.48. The second kappa shape index (κ2) is 5.51. The van der Waals surface area contributed by atoms with Crippen molar-refractivity contribution in [1.29, 1.82) is 0 Å². The Morgan fingerprint density at radius 2 is 2.47 bits per heavy atom. The highest BCUT2D eigenvalue weighted by atomic mass is 16.3. The van der Waals surface area contributed by atoms with Crippen molar-refractivity contribution >= 4 is 6.08 Å². The second-order valence-corrected chi connectivity index (χ2v) is 6.25. The molecule has 1 unspecified atom stereocenters. The third-order valence-electron chi connectivity index (χ3n) is 4.48. The fourth-order valence-electron chi connectivity index (χ4n) is 3.60. The molecule has 3 heteroatoms. The lowest BCUT2D eigenvalue weighted by molar-refractivity contribution is 0.112. The molecule has 1 aromatic rings. The van der Waals surface area contributed by atoms with Crippen molar-refractivity contribution < 1.29 is 4.42 Å². The van der Waals surface area contributed by atoms with E-state index in [2.05, 4.69) is 23.2 Å². The number of likely N-dealkylation sites (tertiary alicyclic amines) is 1. The Morgan fingerprint density at radius 3 is 3.21 bits per heavy atom. The molecule has 3 heterocycles. The minimum Gasteiger partial charge on any atom is -0.465 e. The lowest BCUT2D eigenvalue weighted by Crippen LogP contribution is -2.44. The molecular weight excluding hydrogens is 236 g/mol. The molecule has 104 valence electrons. The predicted octanol–water partition coefficient (Wildman–Crippen LogP) is 2.76. The van der Waals surface area contributed by atoms with Gasteiger partial charge in [-0.05, 0) is 62.9 Å². The molecule has 2 aliphatic heterocycles. The Hall–Kier alpha value is -1.06. The molecule has 2 fully saturated rings. The zero-order valence-electron chi connectivity index (χ0n) is 11.8. The number of nitrogens with zero attached hydrogens (tertiary/aromatic N) is 1. The quantitative estimate of drug-likeness (QED) is 0.906. The van der Waals surface area contributed by atoms with Gasteiger partial charge in [0.25, 0.3) is 0 Å². The summed E-state index contributed by atoms with van der Waals surface area (Å²) in [4.78, 5) is 2.62. The number of piperidine rings is 1. The summed E-state index contributed by atoms with van der Waals surface area (Å²) in [6.07, 6.45) is 7.99. The Bertz CT molecular complexity index is 430. The maximum atomic E-state index is 5.38. The van der Waals surface area contributed by atoms with E-state index in [1.165, 1.54) is 51.0 Å². The van der Waals surface area contributed by atoms with E-state index >= 15 is 0 Å². The average Bonchev–Trinajstić information content (AvgIpc) is 3.02. The number of hydrogen-bond donors (Lipinski definition) is 1. The molecule has 0 aliphatic carbocycles. The van der Waals surface area contributed by atoms with Crippen LogP contribution in [0.5, 0.6) is 0 Å². The van der Waals surface area contributed by atoms with Crippen LogP contribution < -0.4 is 5.32 Å². The van der Waals surface area contributed by atoms with Crippen LogP contribution in [-0.2, 0) is 0 Å². The summed E-state index contributed by atoms with van der Waals surface area (Å²) < 4.78 is 5.38. The van der Waals surface area contributed by atoms with Crippen LogP contribution in [0.3, 0.4) is 0 Å². The van der Waals surface area contributed by atoms with Crippen LogP contribution in [-0.4, -0.2) is 37.6 Å². The topological polar surface area (TPSA) is 28.4 Å². The van der Waals surface area contributed by atoms with Crippen LogP contribution in [0, 0.1) is 5.41 Å². The zero-order valence-corrected chi connectivity index (χ0v) is 11.8. The summed E-state index contributed by atoms with van der Waals surface area (Å²) in [7, 11) is 0. The Labute approximate surface area is 115 Å². The molecule has 0 saturated carbocycles. The van der Waals surface area contributed by atoms with Crippen LogP contribution in [0.1, 0.15) is 31.9 Å². The van der Waals surface area contributed by atoms with Crippen LogP contribution in [0.15, 0.2) is 28.4 Å². The highest BCUT2D eigenvalue weighted by Gasteiger charge is 2.37. The van der Waals surface area contributed by atoms with Crippen molar-refractivity contribution in [2.45, 2.75) is 26.2 Å². The summed E-state index contributed by atoms with van der Waals surface area (Å²) in [5, 5.41) is 3.54. The molecule has 2 saturated heterocycles. The highest BCUT2D eigenvalue weighted by Crippen LogP contribution is 2.35. The first-order chi connectivity index (χ1) is 9.26.